The molecule has 1 heterocycles. The third-order valence-electron chi connectivity index (χ3n) is 6.73. The minimum atomic E-state index is -0.0304. The molecule has 2 saturated carbocycles. The van der Waals surface area contributed by atoms with Crippen molar-refractivity contribution in [3.05, 3.63) is 35.9 Å². The third kappa shape index (κ3) is 4.55. The summed E-state index contributed by atoms with van der Waals surface area (Å²) in [5, 5.41) is 3.19. The number of carbonyl (C=O) groups excluding carboxylic acids is 1. The average Bonchev–Trinajstić information content (AvgIpc) is 3.39. The Bertz CT molecular complexity index is 603. The number of carbonyl (C=O) groups is 1. The number of rotatable bonds is 7. The Balaban J connectivity index is 1.24. The van der Waals surface area contributed by atoms with Crippen LogP contribution in [0.2, 0.25) is 0 Å². The van der Waals surface area contributed by atoms with Crippen molar-refractivity contribution < 1.29 is 14.3 Å². The zero-order chi connectivity index (χ0) is 18.5. The molecule has 1 saturated heterocycles. The topological polar surface area (TPSA) is 47.6 Å². The minimum Gasteiger partial charge on any atom is -0.356 e. The molecular weight excluding hydrogens is 338 g/mol. The quantitative estimate of drug-likeness (QED) is 0.571. The van der Waals surface area contributed by atoms with Gasteiger partial charge in [-0.3, -0.25) is 4.79 Å². The van der Waals surface area contributed by atoms with Gasteiger partial charge in [0.1, 0.15) is 0 Å². The molecule has 2 unspecified atom stereocenters. The third-order valence-corrected chi connectivity index (χ3v) is 6.73. The second-order valence-electron chi connectivity index (χ2n) is 8.60. The van der Waals surface area contributed by atoms with Crippen LogP contribution in [0.5, 0.6) is 0 Å². The molecule has 3 aliphatic rings. The van der Waals surface area contributed by atoms with Crippen LogP contribution in [0.1, 0.15) is 69.3 Å². The standard InChI is InChI=1S/C23H33NO3/c25-21(20-17-19(20)18-9-4-3-5-10-18)24-14-8-13-23(22-26-15-16-27-22)11-6-1-2-7-12-23/h3-5,9-10,19-20,22H,1-2,6-8,11-17H2,(H,24,25). The first kappa shape index (κ1) is 18.9. The largest absolute Gasteiger partial charge is 0.356 e. The van der Waals surface area contributed by atoms with Crippen LogP contribution >= 0.6 is 0 Å². The first-order chi connectivity index (χ1) is 13.3. The predicted molar refractivity (Wildman–Crippen MR) is 105 cm³/mol. The van der Waals surface area contributed by atoms with E-state index < -0.39 is 0 Å². The van der Waals surface area contributed by atoms with Crippen LogP contribution in [0, 0.1) is 11.3 Å². The summed E-state index contributed by atoms with van der Waals surface area (Å²) in [6, 6.07) is 10.4. The fourth-order valence-electron chi connectivity index (χ4n) is 5.08. The van der Waals surface area contributed by atoms with Crippen molar-refractivity contribution >= 4 is 5.91 Å². The highest BCUT2D eigenvalue weighted by Crippen LogP contribution is 2.47. The molecule has 1 aliphatic heterocycles. The van der Waals surface area contributed by atoms with Crippen molar-refractivity contribution in [2.75, 3.05) is 19.8 Å². The molecule has 1 amide bonds. The first-order valence-corrected chi connectivity index (χ1v) is 10.8. The molecule has 27 heavy (non-hydrogen) atoms. The average molecular weight is 372 g/mol. The lowest BCUT2D eigenvalue weighted by molar-refractivity contribution is -0.143. The summed E-state index contributed by atoms with van der Waals surface area (Å²) in [6.45, 7) is 2.22. The molecule has 2 aliphatic carbocycles. The molecular formula is C23H33NO3. The number of nitrogens with one attached hydrogen (secondary N) is 1. The van der Waals surface area contributed by atoms with E-state index in [0.29, 0.717) is 5.92 Å². The highest BCUT2D eigenvalue weighted by molar-refractivity contribution is 5.82. The van der Waals surface area contributed by atoms with Gasteiger partial charge >= 0.3 is 0 Å². The second-order valence-corrected chi connectivity index (χ2v) is 8.60. The van der Waals surface area contributed by atoms with Crippen LogP contribution in [-0.2, 0) is 14.3 Å². The van der Waals surface area contributed by atoms with Gasteiger partial charge in [0.2, 0.25) is 5.91 Å². The molecule has 0 spiro atoms. The van der Waals surface area contributed by atoms with Crippen molar-refractivity contribution in [2.24, 2.45) is 11.3 Å². The van der Waals surface area contributed by atoms with E-state index in [1.807, 2.05) is 6.07 Å². The molecule has 1 aromatic carbocycles. The van der Waals surface area contributed by atoms with E-state index in [0.717, 1.165) is 39.0 Å². The highest BCUT2D eigenvalue weighted by Gasteiger charge is 2.44. The maximum Gasteiger partial charge on any atom is 0.223 e. The van der Waals surface area contributed by atoms with Crippen LogP contribution < -0.4 is 5.32 Å². The van der Waals surface area contributed by atoms with Crippen LogP contribution in [0.25, 0.3) is 0 Å². The van der Waals surface area contributed by atoms with Crippen molar-refractivity contribution in [2.45, 2.75) is 70.0 Å². The highest BCUT2D eigenvalue weighted by atomic mass is 16.7. The van der Waals surface area contributed by atoms with Gasteiger partial charge in [0, 0.05) is 17.9 Å². The lowest BCUT2D eigenvalue weighted by atomic mass is 9.75. The van der Waals surface area contributed by atoms with Crippen LogP contribution in [0.15, 0.2) is 30.3 Å². The molecule has 3 fully saturated rings. The van der Waals surface area contributed by atoms with E-state index in [1.165, 1.54) is 44.1 Å². The van der Waals surface area contributed by atoms with Gasteiger partial charge in [-0.15, -0.1) is 0 Å². The van der Waals surface area contributed by atoms with E-state index in [9.17, 15) is 4.79 Å². The minimum absolute atomic E-state index is 0.0304. The van der Waals surface area contributed by atoms with Gasteiger partial charge in [-0.25, -0.2) is 0 Å². The van der Waals surface area contributed by atoms with Crippen molar-refractivity contribution in [1.29, 1.82) is 0 Å². The zero-order valence-electron chi connectivity index (χ0n) is 16.3. The molecule has 0 bridgehead atoms. The molecule has 4 nitrogen and oxygen atoms in total. The maximum atomic E-state index is 12.5. The Morgan fingerprint density at radius 3 is 2.44 bits per heavy atom. The maximum absolute atomic E-state index is 12.5. The van der Waals surface area contributed by atoms with Gasteiger partial charge in [-0.05, 0) is 43.6 Å². The molecule has 148 valence electrons. The summed E-state index contributed by atoms with van der Waals surface area (Å²) >= 11 is 0. The Hall–Kier alpha value is -1.39. The van der Waals surface area contributed by atoms with Gasteiger partial charge in [0.15, 0.2) is 6.29 Å². The van der Waals surface area contributed by atoms with E-state index >= 15 is 0 Å². The summed E-state index contributed by atoms with van der Waals surface area (Å²) in [5.41, 5.74) is 1.45. The Morgan fingerprint density at radius 1 is 1.04 bits per heavy atom. The monoisotopic (exact) mass is 371 g/mol. The van der Waals surface area contributed by atoms with Crippen molar-refractivity contribution in [1.82, 2.24) is 5.32 Å². The van der Waals surface area contributed by atoms with Gasteiger partial charge < -0.3 is 14.8 Å². The number of amides is 1. The first-order valence-electron chi connectivity index (χ1n) is 10.8. The summed E-state index contributed by atoms with van der Waals surface area (Å²) in [6.07, 6.45) is 10.7. The SMILES string of the molecule is O=C(NCCCC1(C2OCCO2)CCCCCC1)C1CC1c1ccccc1. The number of ether oxygens (including phenoxy) is 2. The summed E-state index contributed by atoms with van der Waals surface area (Å²) in [7, 11) is 0. The summed E-state index contributed by atoms with van der Waals surface area (Å²) in [5.74, 6) is 0.813. The van der Waals surface area contributed by atoms with E-state index in [-0.39, 0.29) is 23.5 Å². The second kappa shape index (κ2) is 8.74. The number of hydrogen-bond acceptors (Lipinski definition) is 3. The van der Waals surface area contributed by atoms with E-state index in [2.05, 4.69) is 29.6 Å². The van der Waals surface area contributed by atoms with Gasteiger partial charge in [-0.2, -0.15) is 0 Å². The van der Waals surface area contributed by atoms with E-state index in [1.54, 1.807) is 0 Å². The smallest absolute Gasteiger partial charge is 0.223 e. The van der Waals surface area contributed by atoms with Crippen LogP contribution in [-0.4, -0.2) is 32.0 Å². The Kier molecular flexibility index (Phi) is 6.14. The Morgan fingerprint density at radius 2 is 1.74 bits per heavy atom. The molecule has 1 aromatic rings. The Labute approximate surface area is 163 Å². The van der Waals surface area contributed by atoms with Gasteiger partial charge in [0.05, 0.1) is 13.2 Å². The van der Waals surface area contributed by atoms with Crippen LogP contribution in [0.3, 0.4) is 0 Å². The molecule has 4 rings (SSSR count). The van der Waals surface area contributed by atoms with E-state index in [4.69, 9.17) is 9.47 Å². The predicted octanol–water partition coefficient (Wildman–Crippen LogP) is 4.40. The molecule has 0 radical (unpaired) electrons. The lowest BCUT2D eigenvalue weighted by Crippen LogP contribution is -2.37. The summed E-state index contributed by atoms with van der Waals surface area (Å²) < 4.78 is 11.9. The normalized spacial score (nSPS) is 27.9. The van der Waals surface area contributed by atoms with Crippen LogP contribution in [0.4, 0.5) is 0 Å². The summed E-state index contributed by atoms with van der Waals surface area (Å²) in [4.78, 5) is 12.5. The number of hydrogen-bond donors (Lipinski definition) is 1. The molecule has 2 atom stereocenters. The molecule has 4 heteroatoms. The molecule has 1 N–H and O–H groups in total. The van der Waals surface area contributed by atoms with Gasteiger partial charge in [-0.1, -0.05) is 56.0 Å². The fraction of sp³-hybridized carbons (Fsp3) is 0.696. The molecule has 0 aromatic heterocycles. The van der Waals surface area contributed by atoms with Gasteiger partial charge in [0.25, 0.3) is 0 Å². The fourth-order valence-corrected chi connectivity index (χ4v) is 5.08. The lowest BCUT2D eigenvalue weighted by Gasteiger charge is -2.37. The zero-order valence-corrected chi connectivity index (χ0v) is 16.3. The number of benzene rings is 1. The van der Waals surface area contributed by atoms with Crippen molar-refractivity contribution in [3.8, 4) is 0 Å². The van der Waals surface area contributed by atoms with Crippen molar-refractivity contribution in [3.63, 3.8) is 0 Å².